The van der Waals surface area contributed by atoms with Crippen molar-refractivity contribution in [2.75, 3.05) is 13.2 Å². The molecule has 0 aromatic carbocycles. The highest BCUT2D eigenvalue weighted by Gasteiger charge is 2.36. The van der Waals surface area contributed by atoms with Gasteiger partial charge in [0, 0.05) is 19.2 Å². The van der Waals surface area contributed by atoms with Crippen LogP contribution in [0.1, 0.15) is 46.5 Å². The van der Waals surface area contributed by atoms with Crippen LogP contribution in [0.25, 0.3) is 0 Å². The lowest BCUT2D eigenvalue weighted by Crippen LogP contribution is -2.48. The lowest BCUT2D eigenvalue weighted by atomic mass is 9.67. The second-order valence-electron chi connectivity index (χ2n) is 5.69. The van der Waals surface area contributed by atoms with Gasteiger partial charge in [-0.1, -0.05) is 20.3 Å². The summed E-state index contributed by atoms with van der Waals surface area (Å²) in [5.41, 5.74) is 0.160. The number of hydrogen-bond donors (Lipinski definition) is 3. The summed E-state index contributed by atoms with van der Waals surface area (Å²) in [7, 11) is 0. The Morgan fingerprint density at radius 3 is 2.41 bits per heavy atom. The Hall–Kier alpha value is -0.770. The number of aliphatic hydroxyl groups excluding tert-OH is 1. The lowest BCUT2D eigenvalue weighted by Gasteiger charge is -2.41. The third kappa shape index (κ3) is 4.19. The second-order valence-corrected chi connectivity index (χ2v) is 5.69. The van der Waals surface area contributed by atoms with Crippen LogP contribution in [0.2, 0.25) is 0 Å². The summed E-state index contributed by atoms with van der Waals surface area (Å²) < 4.78 is 0. The molecular formula is C13H26N2O2. The van der Waals surface area contributed by atoms with Crippen LogP contribution in [0.5, 0.6) is 0 Å². The van der Waals surface area contributed by atoms with Crippen molar-refractivity contribution in [1.82, 2.24) is 10.6 Å². The van der Waals surface area contributed by atoms with E-state index in [2.05, 4.69) is 24.5 Å². The van der Waals surface area contributed by atoms with Gasteiger partial charge >= 0.3 is 6.03 Å². The number of amides is 2. The standard InChI is InChI=1S/C13H26N2O2/c1-10(2)11(3)15-12(17)14-9-13(7-8-16)5-4-6-13/h10-11,16H,4-9H2,1-3H3,(H2,14,15,17). The Kier molecular flexibility index (Phi) is 5.25. The van der Waals surface area contributed by atoms with Gasteiger partial charge in [-0.2, -0.15) is 0 Å². The second kappa shape index (κ2) is 6.24. The van der Waals surface area contributed by atoms with Gasteiger partial charge in [-0.05, 0) is 37.5 Å². The maximum Gasteiger partial charge on any atom is 0.315 e. The van der Waals surface area contributed by atoms with E-state index >= 15 is 0 Å². The van der Waals surface area contributed by atoms with E-state index in [4.69, 9.17) is 5.11 Å². The predicted molar refractivity (Wildman–Crippen MR) is 68.8 cm³/mol. The van der Waals surface area contributed by atoms with Gasteiger partial charge in [-0.15, -0.1) is 0 Å². The molecule has 1 aliphatic rings. The first-order valence-corrected chi connectivity index (χ1v) is 6.64. The van der Waals surface area contributed by atoms with Crippen LogP contribution in [-0.4, -0.2) is 30.3 Å². The highest BCUT2D eigenvalue weighted by atomic mass is 16.3. The third-order valence-corrected chi connectivity index (χ3v) is 4.04. The first-order chi connectivity index (χ1) is 7.99. The minimum absolute atomic E-state index is 0.0876. The van der Waals surface area contributed by atoms with Crippen molar-refractivity contribution in [1.29, 1.82) is 0 Å². The molecule has 2 amide bonds. The molecule has 0 saturated heterocycles. The van der Waals surface area contributed by atoms with Crippen LogP contribution in [0, 0.1) is 11.3 Å². The first-order valence-electron chi connectivity index (χ1n) is 6.64. The molecule has 0 bridgehead atoms. The maximum absolute atomic E-state index is 11.7. The Labute approximate surface area is 104 Å². The molecule has 0 spiro atoms. The van der Waals surface area contributed by atoms with E-state index in [9.17, 15) is 4.79 Å². The Morgan fingerprint density at radius 2 is 2.00 bits per heavy atom. The molecule has 17 heavy (non-hydrogen) atoms. The van der Waals surface area contributed by atoms with Gasteiger partial charge in [0.1, 0.15) is 0 Å². The monoisotopic (exact) mass is 242 g/mol. The number of nitrogens with one attached hydrogen (secondary N) is 2. The van der Waals surface area contributed by atoms with Crippen molar-refractivity contribution >= 4 is 6.03 Å². The van der Waals surface area contributed by atoms with Gasteiger partial charge in [0.05, 0.1) is 0 Å². The van der Waals surface area contributed by atoms with Crippen LogP contribution in [0.4, 0.5) is 4.79 Å². The molecule has 100 valence electrons. The van der Waals surface area contributed by atoms with Gasteiger partial charge < -0.3 is 15.7 Å². The molecule has 4 nitrogen and oxygen atoms in total. The van der Waals surface area contributed by atoms with Gasteiger partial charge in [0.15, 0.2) is 0 Å². The molecule has 1 saturated carbocycles. The van der Waals surface area contributed by atoms with Crippen LogP contribution in [0.3, 0.4) is 0 Å². The summed E-state index contributed by atoms with van der Waals surface area (Å²) in [6.07, 6.45) is 4.25. The predicted octanol–water partition coefficient (Wildman–Crippen LogP) is 1.88. The summed E-state index contributed by atoms with van der Waals surface area (Å²) in [5, 5.41) is 14.9. The largest absolute Gasteiger partial charge is 0.396 e. The lowest BCUT2D eigenvalue weighted by molar-refractivity contribution is 0.0882. The molecule has 0 aliphatic heterocycles. The van der Waals surface area contributed by atoms with Crippen LogP contribution >= 0.6 is 0 Å². The van der Waals surface area contributed by atoms with Gasteiger partial charge in [0.25, 0.3) is 0 Å². The molecule has 0 aromatic heterocycles. The number of urea groups is 1. The number of carbonyl (C=O) groups is 1. The fraction of sp³-hybridized carbons (Fsp3) is 0.923. The highest BCUT2D eigenvalue weighted by molar-refractivity contribution is 5.74. The zero-order chi connectivity index (χ0) is 12.9. The molecule has 4 heteroatoms. The highest BCUT2D eigenvalue weighted by Crippen LogP contribution is 2.43. The quantitative estimate of drug-likeness (QED) is 0.666. The number of hydrogen-bond acceptors (Lipinski definition) is 2. The molecule has 0 radical (unpaired) electrons. The SMILES string of the molecule is CC(C)C(C)NC(=O)NCC1(CCO)CCC1. The van der Waals surface area contributed by atoms with Gasteiger partial charge in [0.2, 0.25) is 0 Å². The smallest absolute Gasteiger partial charge is 0.315 e. The molecule has 3 N–H and O–H groups in total. The van der Waals surface area contributed by atoms with E-state index in [1.807, 2.05) is 6.92 Å². The van der Waals surface area contributed by atoms with Crippen molar-refractivity contribution in [2.24, 2.45) is 11.3 Å². The molecule has 1 rings (SSSR count). The molecule has 1 aliphatic carbocycles. The summed E-state index contributed by atoms with van der Waals surface area (Å²) in [5.74, 6) is 0.441. The zero-order valence-electron chi connectivity index (χ0n) is 11.3. The fourth-order valence-corrected chi connectivity index (χ4v) is 2.12. The van der Waals surface area contributed by atoms with Crippen molar-refractivity contribution < 1.29 is 9.90 Å². The third-order valence-electron chi connectivity index (χ3n) is 4.04. The maximum atomic E-state index is 11.7. The Balaban J connectivity index is 2.27. The molecule has 0 aromatic rings. The van der Waals surface area contributed by atoms with Gasteiger partial charge in [-0.25, -0.2) is 4.79 Å². The normalized spacial score (nSPS) is 19.6. The summed E-state index contributed by atoms with van der Waals surface area (Å²) in [6, 6.07) is 0.0978. The Bertz CT molecular complexity index is 250. The molecule has 1 atom stereocenters. The van der Waals surface area contributed by atoms with Crippen LogP contribution in [0.15, 0.2) is 0 Å². The topological polar surface area (TPSA) is 61.4 Å². The summed E-state index contributed by atoms with van der Waals surface area (Å²) in [4.78, 5) is 11.7. The minimum atomic E-state index is -0.0876. The van der Waals surface area contributed by atoms with E-state index < -0.39 is 0 Å². The molecule has 1 unspecified atom stereocenters. The van der Waals surface area contributed by atoms with E-state index in [0.29, 0.717) is 12.5 Å². The van der Waals surface area contributed by atoms with Crippen molar-refractivity contribution in [3.8, 4) is 0 Å². The zero-order valence-corrected chi connectivity index (χ0v) is 11.3. The van der Waals surface area contributed by atoms with Crippen LogP contribution < -0.4 is 10.6 Å². The summed E-state index contributed by atoms with van der Waals surface area (Å²) >= 11 is 0. The van der Waals surface area contributed by atoms with Crippen LogP contribution in [-0.2, 0) is 0 Å². The average Bonchev–Trinajstić information content (AvgIpc) is 2.21. The number of aliphatic hydroxyl groups is 1. The van der Waals surface area contributed by atoms with Gasteiger partial charge in [-0.3, -0.25) is 0 Å². The van der Waals surface area contributed by atoms with E-state index in [1.165, 1.54) is 6.42 Å². The number of rotatable bonds is 6. The molecule has 0 heterocycles. The van der Waals surface area contributed by atoms with Crippen molar-refractivity contribution in [3.63, 3.8) is 0 Å². The Morgan fingerprint density at radius 1 is 1.35 bits per heavy atom. The van der Waals surface area contributed by atoms with Crippen molar-refractivity contribution in [2.45, 2.75) is 52.5 Å². The van der Waals surface area contributed by atoms with E-state index in [1.54, 1.807) is 0 Å². The molecule has 1 fully saturated rings. The fourth-order valence-electron chi connectivity index (χ4n) is 2.12. The average molecular weight is 242 g/mol. The first kappa shape index (κ1) is 14.3. The minimum Gasteiger partial charge on any atom is -0.396 e. The molecular weight excluding hydrogens is 216 g/mol. The van der Waals surface area contributed by atoms with Crippen molar-refractivity contribution in [3.05, 3.63) is 0 Å². The van der Waals surface area contributed by atoms with E-state index in [-0.39, 0.29) is 24.1 Å². The van der Waals surface area contributed by atoms with E-state index in [0.717, 1.165) is 19.3 Å². The number of carbonyl (C=O) groups excluding carboxylic acids is 1. The summed E-state index contributed by atoms with van der Waals surface area (Å²) in [6.45, 7) is 7.08.